The Morgan fingerprint density at radius 1 is 1.25 bits per heavy atom. The summed E-state index contributed by atoms with van der Waals surface area (Å²) in [5.74, 6) is 0.685. The number of nitrogens with zero attached hydrogens (tertiary/aromatic N) is 2. The standard InChI is InChI=1S/C19H26N2O2S/c1-19(2,3)24(22)21(4)16-12-8-11-15-17(16)13-9-6-7-10-14(13)18(20-15)23-5/h6-7,9-10,16H,8,11-12H2,1-5H3. The smallest absolute Gasteiger partial charge is 0.221 e. The van der Waals surface area contributed by atoms with Crippen LogP contribution < -0.4 is 4.74 Å². The fourth-order valence-electron chi connectivity index (χ4n) is 3.54. The van der Waals surface area contributed by atoms with Crippen molar-refractivity contribution in [1.29, 1.82) is 0 Å². The van der Waals surface area contributed by atoms with Gasteiger partial charge in [-0.15, -0.1) is 0 Å². The minimum atomic E-state index is -1.06. The predicted molar refractivity (Wildman–Crippen MR) is 99.6 cm³/mol. The maximum absolute atomic E-state index is 12.9. The maximum Gasteiger partial charge on any atom is 0.221 e. The molecule has 5 heteroatoms. The molecule has 24 heavy (non-hydrogen) atoms. The summed E-state index contributed by atoms with van der Waals surface area (Å²) >= 11 is 0. The Morgan fingerprint density at radius 3 is 2.54 bits per heavy atom. The van der Waals surface area contributed by atoms with Crippen molar-refractivity contribution in [2.75, 3.05) is 14.2 Å². The van der Waals surface area contributed by atoms with E-state index < -0.39 is 11.0 Å². The van der Waals surface area contributed by atoms with Crippen LogP contribution in [0.2, 0.25) is 0 Å². The topological polar surface area (TPSA) is 42.4 Å². The molecule has 0 saturated carbocycles. The van der Waals surface area contributed by atoms with Gasteiger partial charge < -0.3 is 4.74 Å². The van der Waals surface area contributed by atoms with Crippen molar-refractivity contribution < 1.29 is 8.95 Å². The second kappa shape index (κ2) is 6.45. The molecule has 0 spiro atoms. The van der Waals surface area contributed by atoms with Crippen LogP contribution in [0.15, 0.2) is 24.3 Å². The Bertz CT molecular complexity index is 783. The number of aryl methyl sites for hydroxylation is 1. The molecule has 2 atom stereocenters. The second-order valence-electron chi connectivity index (χ2n) is 7.34. The van der Waals surface area contributed by atoms with E-state index in [4.69, 9.17) is 9.72 Å². The van der Waals surface area contributed by atoms with E-state index in [1.54, 1.807) is 7.11 Å². The zero-order chi connectivity index (χ0) is 17.5. The quantitative estimate of drug-likeness (QED) is 0.843. The molecule has 1 heterocycles. The zero-order valence-corrected chi connectivity index (χ0v) is 15.9. The molecule has 0 fully saturated rings. The van der Waals surface area contributed by atoms with Crippen LogP contribution in [-0.2, 0) is 17.4 Å². The third-order valence-electron chi connectivity index (χ3n) is 4.64. The molecule has 4 nitrogen and oxygen atoms in total. The highest BCUT2D eigenvalue weighted by Crippen LogP contribution is 2.41. The number of hydrogen-bond donors (Lipinski definition) is 0. The second-order valence-corrected chi connectivity index (χ2v) is 9.64. The Labute approximate surface area is 146 Å². The van der Waals surface area contributed by atoms with Crippen molar-refractivity contribution in [3.8, 4) is 5.88 Å². The number of ether oxygens (including phenoxy) is 1. The summed E-state index contributed by atoms with van der Waals surface area (Å²) in [4.78, 5) is 4.77. The third kappa shape index (κ3) is 2.95. The summed E-state index contributed by atoms with van der Waals surface area (Å²) < 4.78 is 20.2. The predicted octanol–water partition coefficient (Wildman–Crippen LogP) is 4.01. The highest BCUT2D eigenvalue weighted by molar-refractivity contribution is 7.84. The van der Waals surface area contributed by atoms with Gasteiger partial charge in [0.15, 0.2) is 0 Å². The Morgan fingerprint density at radius 2 is 1.92 bits per heavy atom. The van der Waals surface area contributed by atoms with Crippen LogP contribution in [0.1, 0.15) is 50.9 Å². The number of aromatic nitrogens is 1. The van der Waals surface area contributed by atoms with Gasteiger partial charge in [0.2, 0.25) is 5.88 Å². The summed E-state index contributed by atoms with van der Waals surface area (Å²) in [6.07, 6.45) is 3.00. The van der Waals surface area contributed by atoms with Crippen molar-refractivity contribution in [2.45, 2.75) is 50.8 Å². The molecular formula is C19H26N2O2S. The van der Waals surface area contributed by atoms with Gasteiger partial charge in [0.25, 0.3) is 0 Å². The van der Waals surface area contributed by atoms with Crippen LogP contribution in [0, 0.1) is 0 Å². The lowest BCUT2D eigenvalue weighted by molar-refractivity contribution is 0.345. The van der Waals surface area contributed by atoms with Gasteiger partial charge in [-0.3, -0.25) is 0 Å². The van der Waals surface area contributed by atoms with Crippen LogP contribution in [0.5, 0.6) is 5.88 Å². The number of pyridine rings is 1. The first-order valence-electron chi connectivity index (χ1n) is 8.45. The number of hydrogen-bond acceptors (Lipinski definition) is 3. The first-order valence-corrected chi connectivity index (χ1v) is 9.55. The minimum Gasteiger partial charge on any atom is -0.481 e. The van der Waals surface area contributed by atoms with Gasteiger partial charge in [0.05, 0.1) is 11.9 Å². The van der Waals surface area contributed by atoms with E-state index in [1.165, 1.54) is 10.9 Å². The molecule has 1 aliphatic rings. The van der Waals surface area contributed by atoms with Crippen molar-refractivity contribution in [1.82, 2.24) is 9.29 Å². The highest BCUT2D eigenvalue weighted by atomic mass is 32.2. The highest BCUT2D eigenvalue weighted by Gasteiger charge is 2.34. The molecule has 0 amide bonds. The third-order valence-corrected chi connectivity index (χ3v) is 6.46. The molecule has 3 rings (SSSR count). The normalized spacial score (nSPS) is 19.3. The van der Waals surface area contributed by atoms with Gasteiger partial charge in [0, 0.05) is 24.2 Å². The van der Waals surface area contributed by atoms with Gasteiger partial charge in [-0.2, -0.15) is 0 Å². The number of rotatable bonds is 3. The number of fused-ring (bicyclic) bond motifs is 3. The van der Waals surface area contributed by atoms with Gasteiger partial charge in [-0.25, -0.2) is 13.5 Å². The molecule has 0 saturated heterocycles. The summed E-state index contributed by atoms with van der Waals surface area (Å²) in [6, 6.07) is 8.36. The monoisotopic (exact) mass is 346 g/mol. The Kier molecular flexibility index (Phi) is 4.67. The molecule has 130 valence electrons. The van der Waals surface area contributed by atoms with Crippen molar-refractivity contribution in [2.24, 2.45) is 0 Å². The Balaban J connectivity index is 2.17. The molecule has 0 bridgehead atoms. The molecule has 1 aromatic heterocycles. The number of methoxy groups -OCH3 is 1. The zero-order valence-electron chi connectivity index (χ0n) is 15.1. The molecule has 2 unspecified atom stereocenters. The lowest BCUT2D eigenvalue weighted by Crippen LogP contribution is -2.38. The molecule has 0 aliphatic heterocycles. The van der Waals surface area contributed by atoms with Crippen molar-refractivity contribution in [3.63, 3.8) is 0 Å². The maximum atomic E-state index is 12.9. The lowest BCUT2D eigenvalue weighted by atomic mass is 9.87. The van der Waals surface area contributed by atoms with E-state index in [2.05, 4.69) is 12.1 Å². The van der Waals surface area contributed by atoms with Crippen LogP contribution >= 0.6 is 0 Å². The average Bonchev–Trinajstić information content (AvgIpc) is 2.58. The van der Waals surface area contributed by atoms with E-state index in [1.807, 2.05) is 44.3 Å². The molecule has 2 aromatic rings. The van der Waals surface area contributed by atoms with E-state index >= 15 is 0 Å². The molecular weight excluding hydrogens is 320 g/mol. The van der Waals surface area contributed by atoms with E-state index in [9.17, 15) is 4.21 Å². The first kappa shape index (κ1) is 17.4. The summed E-state index contributed by atoms with van der Waals surface area (Å²) in [5, 5.41) is 2.20. The first-order chi connectivity index (χ1) is 11.3. The fraction of sp³-hybridized carbons (Fsp3) is 0.526. The fourth-order valence-corrected chi connectivity index (χ4v) is 4.85. The Hall–Kier alpha value is -1.46. The molecule has 1 aromatic carbocycles. The van der Waals surface area contributed by atoms with E-state index in [0.717, 1.165) is 30.3 Å². The van der Waals surface area contributed by atoms with Gasteiger partial charge >= 0.3 is 0 Å². The van der Waals surface area contributed by atoms with E-state index in [0.29, 0.717) is 5.88 Å². The van der Waals surface area contributed by atoms with Gasteiger partial charge in [-0.1, -0.05) is 18.2 Å². The lowest BCUT2D eigenvalue weighted by Gasteiger charge is -2.36. The SMILES string of the molecule is COc1nc2c(c3ccccc13)C(N(C)S(=O)C(C)(C)C)CCC2. The number of benzene rings is 1. The van der Waals surface area contributed by atoms with Gasteiger partial charge in [-0.05, 0) is 57.0 Å². The summed E-state index contributed by atoms with van der Waals surface area (Å²) in [7, 11) is 2.58. The molecule has 1 aliphatic carbocycles. The largest absolute Gasteiger partial charge is 0.481 e. The van der Waals surface area contributed by atoms with Gasteiger partial charge in [0.1, 0.15) is 11.0 Å². The summed E-state index contributed by atoms with van der Waals surface area (Å²) in [5.41, 5.74) is 2.30. The van der Waals surface area contributed by atoms with Crippen LogP contribution in [0.3, 0.4) is 0 Å². The van der Waals surface area contributed by atoms with Crippen molar-refractivity contribution >= 4 is 21.8 Å². The van der Waals surface area contributed by atoms with Crippen LogP contribution in [0.25, 0.3) is 10.8 Å². The molecule has 0 radical (unpaired) electrons. The van der Waals surface area contributed by atoms with Crippen LogP contribution in [0.4, 0.5) is 0 Å². The summed E-state index contributed by atoms with van der Waals surface area (Å²) in [6.45, 7) is 6.06. The molecule has 0 N–H and O–H groups in total. The average molecular weight is 346 g/mol. The van der Waals surface area contributed by atoms with Crippen LogP contribution in [-0.4, -0.2) is 32.4 Å². The van der Waals surface area contributed by atoms with E-state index in [-0.39, 0.29) is 10.8 Å². The minimum absolute atomic E-state index is 0.122. The van der Waals surface area contributed by atoms with Crippen molar-refractivity contribution in [3.05, 3.63) is 35.5 Å².